The zero-order valence-electron chi connectivity index (χ0n) is 16.5. The number of thioether (sulfide) groups is 1. The minimum Gasteiger partial charge on any atom is -0.355 e. The first-order chi connectivity index (χ1) is 13.8. The molecule has 0 saturated heterocycles. The Kier molecular flexibility index (Phi) is 7.22. The van der Waals surface area contributed by atoms with Crippen molar-refractivity contribution in [1.29, 1.82) is 0 Å². The number of rotatable bonds is 7. The van der Waals surface area contributed by atoms with Crippen LogP contribution in [-0.2, 0) is 11.2 Å². The first-order valence-electron chi connectivity index (χ1n) is 9.18. The zero-order chi connectivity index (χ0) is 21.0. The summed E-state index contributed by atoms with van der Waals surface area (Å²) in [7, 11) is 0. The van der Waals surface area contributed by atoms with Gasteiger partial charge >= 0.3 is 0 Å². The summed E-state index contributed by atoms with van der Waals surface area (Å²) < 4.78 is 1.99. The number of carbonyl (C=O) groups excluding carboxylic acids is 1. The molecule has 1 heterocycles. The first-order valence-corrected chi connectivity index (χ1v) is 10.9. The molecule has 1 amide bonds. The normalized spacial score (nSPS) is 10.9. The van der Waals surface area contributed by atoms with Crippen LogP contribution >= 0.6 is 35.0 Å². The van der Waals surface area contributed by atoms with Gasteiger partial charge in [0.15, 0.2) is 5.16 Å². The van der Waals surface area contributed by atoms with Crippen LogP contribution in [0.1, 0.15) is 22.5 Å². The second-order valence-corrected chi connectivity index (χ2v) is 8.57. The fourth-order valence-electron chi connectivity index (χ4n) is 2.92. The second kappa shape index (κ2) is 9.65. The molecule has 1 N–H and O–H groups in total. The topological polar surface area (TPSA) is 59.8 Å². The minimum absolute atomic E-state index is 0.0618. The smallest absolute Gasteiger partial charge is 0.230 e. The third kappa shape index (κ3) is 5.53. The van der Waals surface area contributed by atoms with E-state index in [1.807, 2.05) is 17.6 Å². The van der Waals surface area contributed by atoms with Crippen molar-refractivity contribution >= 4 is 40.9 Å². The predicted octanol–water partition coefficient (Wildman–Crippen LogP) is 4.95. The summed E-state index contributed by atoms with van der Waals surface area (Å²) in [4.78, 5) is 12.3. The van der Waals surface area contributed by atoms with Gasteiger partial charge in [0.2, 0.25) is 5.91 Å². The van der Waals surface area contributed by atoms with E-state index in [-0.39, 0.29) is 11.7 Å². The van der Waals surface area contributed by atoms with Crippen molar-refractivity contribution in [3.8, 4) is 5.69 Å². The van der Waals surface area contributed by atoms with Gasteiger partial charge < -0.3 is 5.32 Å². The number of carbonyl (C=O) groups is 1. The van der Waals surface area contributed by atoms with Crippen molar-refractivity contribution in [1.82, 2.24) is 20.1 Å². The van der Waals surface area contributed by atoms with Crippen molar-refractivity contribution in [2.75, 3.05) is 12.3 Å². The summed E-state index contributed by atoms with van der Waals surface area (Å²) >= 11 is 13.4. The average Bonchev–Trinajstić information content (AvgIpc) is 3.04. The number of aromatic nitrogens is 3. The van der Waals surface area contributed by atoms with E-state index < -0.39 is 0 Å². The number of hydrogen-bond donors (Lipinski definition) is 1. The van der Waals surface area contributed by atoms with Crippen LogP contribution in [0.15, 0.2) is 41.6 Å². The fourth-order valence-corrected chi connectivity index (χ4v) is 4.24. The van der Waals surface area contributed by atoms with Crippen LogP contribution < -0.4 is 5.32 Å². The van der Waals surface area contributed by atoms with E-state index in [1.165, 1.54) is 11.8 Å². The first kappa shape index (κ1) is 21.7. The van der Waals surface area contributed by atoms with Crippen molar-refractivity contribution in [2.24, 2.45) is 0 Å². The number of aryl methyl sites for hydroxylation is 3. The monoisotopic (exact) mass is 448 g/mol. The van der Waals surface area contributed by atoms with Crippen LogP contribution in [-0.4, -0.2) is 33.0 Å². The Morgan fingerprint density at radius 3 is 2.66 bits per heavy atom. The molecule has 0 saturated carbocycles. The Morgan fingerprint density at radius 2 is 1.90 bits per heavy atom. The highest BCUT2D eigenvalue weighted by Gasteiger charge is 2.15. The maximum atomic E-state index is 12.3. The van der Waals surface area contributed by atoms with Crippen molar-refractivity contribution in [3.63, 3.8) is 0 Å². The maximum absolute atomic E-state index is 12.3. The molecule has 29 heavy (non-hydrogen) atoms. The lowest BCUT2D eigenvalue weighted by molar-refractivity contribution is -0.118. The van der Waals surface area contributed by atoms with Crippen molar-refractivity contribution < 1.29 is 4.79 Å². The third-order valence-electron chi connectivity index (χ3n) is 4.46. The summed E-state index contributed by atoms with van der Waals surface area (Å²) in [5.74, 6) is 0.990. The number of amides is 1. The average molecular weight is 449 g/mol. The summed E-state index contributed by atoms with van der Waals surface area (Å²) in [5, 5.41) is 13.3. The van der Waals surface area contributed by atoms with E-state index in [0.29, 0.717) is 28.2 Å². The molecular weight excluding hydrogens is 427 g/mol. The molecule has 0 bridgehead atoms. The molecular formula is C21H22Cl2N4OS. The van der Waals surface area contributed by atoms with E-state index in [4.69, 9.17) is 23.2 Å². The van der Waals surface area contributed by atoms with Gasteiger partial charge in [-0.25, -0.2) is 0 Å². The molecule has 0 fully saturated rings. The van der Waals surface area contributed by atoms with Crippen molar-refractivity contribution in [2.45, 2.75) is 32.3 Å². The zero-order valence-corrected chi connectivity index (χ0v) is 18.8. The largest absolute Gasteiger partial charge is 0.355 e. The van der Waals surface area contributed by atoms with Crippen LogP contribution in [0.5, 0.6) is 0 Å². The number of nitrogens with zero attached hydrogens (tertiary/aromatic N) is 3. The van der Waals surface area contributed by atoms with Gasteiger partial charge in [-0.2, -0.15) is 0 Å². The maximum Gasteiger partial charge on any atom is 0.230 e. The van der Waals surface area contributed by atoms with Crippen LogP contribution in [0.4, 0.5) is 0 Å². The van der Waals surface area contributed by atoms with E-state index in [1.54, 1.807) is 12.1 Å². The van der Waals surface area contributed by atoms with Crippen LogP contribution in [0, 0.1) is 20.8 Å². The minimum atomic E-state index is -0.0618. The van der Waals surface area contributed by atoms with Crippen LogP contribution in [0.25, 0.3) is 5.69 Å². The molecule has 0 aliphatic rings. The quantitative estimate of drug-likeness (QED) is 0.519. The molecule has 0 radical (unpaired) electrons. The molecule has 2 aromatic carbocycles. The van der Waals surface area contributed by atoms with E-state index >= 15 is 0 Å². The van der Waals surface area contributed by atoms with Gasteiger partial charge in [-0.05, 0) is 62.1 Å². The molecule has 3 rings (SSSR count). The number of benzene rings is 2. The standard InChI is InChI=1S/C21H22Cl2N4OS/c1-13-4-5-14(2)19(10-13)27-15(3)25-26-21(27)29-12-20(28)24-9-8-16-6-7-17(22)11-18(16)23/h4-7,10-11H,8-9,12H2,1-3H3,(H,24,28). The Labute approximate surface area is 184 Å². The lowest BCUT2D eigenvalue weighted by Gasteiger charge is -2.12. The summed E-state index contributed by atoms with van der Waals surface area (Å²) in [6, 6.07) is 11.6. The Hall–Kier alpha value is -2.02. The summed E-state index contributed by atoms with van der Waals surface area (Å²) in [6.07, 6.45) is 0.643. The highest BCUT2D eigenvalue weighted by atomic mass is 35.5. The van der Waals surface area contributed by atoms with Gasteiger partial charge in [0, 0.05) is 16.6 Å². The summed E-state index contributed by atoms with van der Waals surface area (Å²) in [6.45, 7) is 6.52. The van der Waals surface area contributed by atoms with Gasteiger partial charge in [0.1, 0.15) is 5.82 Å². The number of nitrogens with one attached hydrogen (secondary N) is 1. The predicted molar refractivity (Wildman–Crippen MR) is 119 cm³/mol. The van der Waals surface area contributed by atoms with Gasteiger partial charge in [-0.3, -0.25) is 9.36 Å². The number of halogens is 2. The van der Waals surface area contributed by atoms with Gasteiger partial charge in [0.05, 0.1) is 11.4 Å². The summed E-state index contributed by atoms with van der Waals surface area (Å²) in [5.41, 5.74) is 4.28. The molecule has 0 aliphatic heterocycles. The fraction of sp³-hybridized carbons (Fsp3) is 0.286. The lowest BCUT2D eigenvalue weighted by Crippen LogP contribution is -2.27. The molecule has 0 spiro atoms. The van der Waals surface area contributed by atoms with E-state index in [2.05, 4.69) is 47.6 Å². The molecule has 152 valence electrons. The highest BCUT2D eigenvalue weighted by Crippen LogP contribution is 2.25. The Balaban J connectivity index is 1.59. The molecule has 1 aromatic heterocycles. The number of hydrogen-bond acceptors (Lipinski definition) is 4. The second-order valence-electron chi connectivity index (χ2n) is 6.78. The molecule has 0 atom stereocenters. The van der Waals surface area contributed by atoms with Gasteiger partial charge in [-0.1, -0.05) is 53.2 Å². The Bertz CT molecular complexity index is 1040. The van der Waals surface area contributed by atoms with Crippen molar-refractivity contribution in [3.05, 3.63) is 69.0 Å². The lowest BCUT2D eigenvalue weighted by atomic mass is 10.1. The van der Waals surface area contributed by atoms with Crippen LogP contribution in [0.3, 0.4) is 0 Å². The molecule has 8 heteroatoms. The molecule has 5 nitrogen and oxygen atoms in total. The molecule has 3 aromatic rings. The van der Waals surface area contributed by atoms with E-state index in [0.717, 1.165) is 28.2 Å². The SMILES string of the molecule is Cc1ccc(C)c(-n2c(C)nnc2SCC(=O)NCCc2ccc(Cl)cc2Cl)c1. The van der Waals surface area contributed by atoms with E-state index in [9.17, 15) is 4.79 Å². The third-order valence-corrected chi connectivity index (χ3v) is 5.98. The molecule has 0 unspecified atom stereocenters. The van der Waals surface area contributed by atoms with Crippen LogP contribution in [0.2, 0.25) is 10.0 Å². The Morgan fingerprint density at radius 1 is 1.10 bits per heavy atom. The van der Waals surface area contributed by atoms with Gasteiger partial charge in [-0.15, -0.1) is 10.2 Å². The highest BCUT2D eigenvalue weighted by molar-refractivity contribution is 7.99. The van der Waals surface area contributed by atoms with Gasteiger partial charge in [0.25, 0.3) is 0 Å². The molecule has 0 aliphatic carbocycles.